The van der Waals surface area contributed by atoms with Crippen LogP contribution in [0.1, 0.15) is 47.0 Å². The van der Waals surface area contributed by atoms with Crippen molar-refractivity contribution < 1.29 is 9.53 Å². The molecule has 0 aliphatic heterocycles. The molecule has 0 unspecified atom stereocenters. The molecule has 0 bridgehead atoms. The second-order valence-electron chi connectivity index (χ2n) is 3.57. The van der Waals surface area contributed by atoms with E-state index in [1.807, 2.05) is 13.8 Å². The number of esters is 1. The summed E-state index contributed by atoms with van der Waals surface area (Å²) >= 11 is 0. The van der Waals surface area contributed by atoms with Crippen molar-refractivity contribution in [2.24, 2.45) is 0 Å². The molecular weight excluding hydrogens is 152 g/mol. The summed E-state index contributed by atoms with van der Waals surface area (Å²) in [4.78, 5) is 10.9. The van der Waals surface area contributed by atoms with Gasteiger partial charge in [-0.1, -0.05) is 20.3 Å². The lowest BCUT2D eigenvalue weighted by molar-refractivity contribution is -0.152. The molecule has 71 valence electrons. The van der Waals surface area contributed by atoms with E-state index in [1.165, 1.54) is 6.42 Å². The van der Waals surface area contributed by atoms with E-state index in [4.69, 9.17) is 4.74 Å². The fourth-order valence-electron chi connectivity index (χ4n) is 0.985. The highest BCUT2D eigenvalue weighted by Gasteiger charge is 2.20. The maximum Gasteiger partial charge on any atom is 0.310 e. The van der Waals surface area contributed by atoms with Gasteiger partial charge in [-0.2, -0.15) is 0 Å². The Labute approximate surface area is 75.3 Å². The lowest BCUT2D eigenvalue weighted by atomic mass is 10.0. The van der Waals surface area contributed by atoms with Gasteiger partial charge < -0.3 is 4.74 Å². The highest BCUT2D eigenvalue weighted by molar-refractivity contribution is 5.78. The third-order valence-electron chi connectivity index (χ3n) is 1.74. The molecule has 12 heavy (non-hydrogen) atoms. The summed E-state index contributed by atoms with van der Waals surface area (Å²) in [6.45, 7) is 7.72. The lowest BCUT2D eigenvalue weighted by Crippen LogP contribution is -2.27. The average Bonchev–Trinajstić information content (AvgIpc) is 2.00. The molecule has 0 rings (SSSR count). The van der Waals surface area contributed by atoms with Gasteiger partial charge in [-0.3, -0.25) is 4.79 Å². The Bertz CT molecular complexity index is 139. The van der Waals surface area contributed by atoms with E-state index < -0.39 is 0 Å². The molecule has 0 N–H and O–H groups in total. The van der Waals surface area contributed by atoms with E-state index in [1.54, 1.807) is 6.92 Å². The predicted octanol–water partition coefficient (Wildman–Crippen LogP) is 2.72. The number of hydrogen-bond acceptors (Lipinski definition) is 2. The van der Waals surface area contributed by atoms with Gasteiger partial charge >= 0.3 is 5.97 Å². The Morgan fingerprint density at radius 3 is 2.50 bits per heavy atom. The zero-order chi connectivity index (χ0) is 9.61. The molecule has 1 radical (unpaired) electrons. The van der Waals surface area contributed by atoms with Crippen LogP contribution in [-0.4, -0.2) is 11.6 Å². The Morgan fingerprint density at radius 1 is 1.50 bits per heavy atom. The van der Waals surface area contributed by atoms with E-state index in [-0.39, 0.29) is 11.6 Å². The molecule has 0 saturated heterocycles. The van der Waals surface area contributed by atoms with Crippen molar-refractivity contribution in [3.8, 4) is 0 Å². The first kappa shape index (κ1) is 11.5. The van der Waals surface area contributed by atoms with Crippen LogP contribution in [-0.2, 0) is 9.53 Å². The third-order valence-corrected chi connectivity index (χ3v) is 1.74. The van der Waals surface area contributed by atoms with Crippen molar-refractivity contribution >= 4 is 5.97 Å². The van der Waals surface area contributed by atoms with Gasteiger partial charge in [0.05, 0.1) is 6.42 Å². The van der Waals surface area contributed by atoms with Crippen molar-refractivity contribution in [3.05, 3.63) is 6.42 Å². The minimum Gasteiger partial charge on any atom is -0.459 e. The molecule has 0 amide bonds. The van der Waals surface area contributed by atoms with E-state index >= 15 is 0 Å². The van der Waals surface area contributed by atoms with Crippen molar-refractivity contribution in [2.45, 2.75) is 52.6 Å². The summed E-state index contributed by atoms with van der Waals surface area (Å²) in [5.74, 6) is -0.226. The van der Waals surface area contributed by atoms with E-state index in [2.05, 4.69) is 6.92 Å². The van der Waals surface area contributed by atoms with Crippen molar-refractivity contribution in [1.29, 1.82) is 0 Å². The van der Waals surface area contributed by atoms with Gasteiger partial charge in [0.1, 0.15) is 5.60 Å². The van der Waals surface area contributed by atoms with Crippen LogP contribution >= 0.6 is 0 Å². The molecular formula is C10H19O2. The van der Waals surface area contributed by atoms with Crippen LogP contribution in [0.4, 0.5) is 0 Å². The summed E-state index contributed by atoms with van der Waals surface area (Å²) in [6.07, 6.45) is 4.62. The minimum atomic E-state index is -0.306. The first-order valence-corrected chi connectivity index (χ1v) is 4.54. The van der Waals surface area contributed by atoms with Gasteiger partial charge in [-0.25, -0.2) is 0 Å². The van der Waals surface area contributed by atoms with Crippen LogP contribution in [0, 0.1) is 6.42 Å². The zero-order valence-corrected chi connectivity index (χ0v) is 8.52. The highest BCUT2D eigenvalue weighted by Crippen LogP contribution is 2.18. The number of ether oxygens (including phenoxy) is 1. The quantitative estimate of drug-likeness (QED) is 0.594. The first-order chi connectivity index (χ1) is 5.52. The number of carbonyl (C=O) groups is 1. The number of rotatable bonds is 5. The Morgan fingerprint density at radius 2 is 2.08 bits per heavy atom. The number of unbranched alkanes of at least 4 members (excludes halogenated alkanes) is 1. The monoisotopic (exact) mass is 171 g/mol. The molecule has 0 atom stereocenters. The average molecular weight is 171 g/mol. The molecule has 0 aromatic rings. The lowest BCUT2D eigenvalue weighted by Gasteiger charge is -2.24. The predicted molar refractivity (Wildman–Crippen MR) is 49.7 cm³/mol. The minimum absolute atomic E-state index is 0.226. The van der Waals surface area contributed by atoms with Gasteiger partial charge in [0.2, 0.25) is 0 Å². The second kappa shape index (κ2) is 5.18. The topological polar surface area (TPSA) is 26.3 Å². The summed E-state index contributed by atoms with van der Waals surface area (Å²) in [6, 6.07) is 0. The molecule has 0 aliphatic carbocycles. The van der Waals surface area contributed by atoms with Crippen LogP contribution in [0.5, 0.6) is 0 Å². The number of carbonyl (C=O) groups excluding carboxylic acids is 1. The number of hydrogen-bond donors (Lipinski definition) is 0. The molecule has 0 saturated carbocycles. The third kappa shape index (κ3) is 5.16. The smallest absolute Gasteiger partial charge is 0.310 e. The van der Waals surface area contributed by atoms with Gasteiger partial charge in [0, 0.05) is 0 Å². The second-order valence-corrected chi connectivity index (χ2v) is 3.57. The van der Waals surface area contributed by atoms with Crippen LogP contribution in [0.15, 0.2) is 0 Å². The van der Waals surface area contributed by atoms with Crippen LogP contribution in [0.3, 0.4) is 0 Å². The van der Waals surface area contributed by atoms with Gasteiger partial charge in [-0.15, -0.1) is 0 Å². The van der Waals surface area contributed by atoms with Crippen molar-refractivity contribution in [3.63, 3.8) is 0 Å². The molecule has 0 aromatic carbocycles. The Hall–Kier alpha value is -0.530. The maximum atomic E-state index is 10.9. The molecule has 0 heterocycles. The van der Waals surface area contributed by atoms with Gasteiger partial charge in [-0.05, 0) is 26.7 Å². The fraction of sp³-hybridized carbons (Fsp3) is 0.800. The summed E-state index contributed by atoms with van der Waals surface area (Å²) in [5, 5.41) is 0. The van der Waals surface area contributed by atoms with Gasteiger partial charge in [0.15, 0.2) is 0 Å². The largest absolute Gasteiger partial charge is 0.459 e. The van der Waals surface area contributed by atoms with E-state index in [0.717, 1.165) is 19.3 Å². The molecule has 0 spiro atoms. The van der Waals surface area contributed by atoms with Crippen LogP contribution in [0.25, 0.3) is 0 Å². The first-order valence-electron chi connectivity index (χ1n) is 4.54. The Balaban J connectivity index is 3.77. The van der Waals surface area contributed by atoms with E-state index in [9.17, 15) is 4.79 Å². The molecule has 0 fully saturated rings. The van der Waals surface area contributed by atoms with Gasteiger partial charge in [0.25, 0.3) is 0 Å². The molecule has 2 heteroatoms. The fourth-order valence-corrected chi connectivity index (χ4v) is 0.985. The Kier molecular flexibility index (Phi) is 4.95. The highest BCUT2D eigenvalue weighted by atomic mass is 16.6. The summed E-state index contributed by atoms with van der Waals surface area (Å²) < 4.78 is 5.19. The molecule has 0 aromatic heterocycles. The zero-order valence-electron chi connectivity index (χ0n) is 8.52. The summed E-state index contributed by atoms with van der Waals surface area (Å²) in [5.41, 5.74) is -0.306. The van der Waals surface area contributed by atoms with Crippen LogP contribution in [0.2, 0.25) is 0 Å². The van der Waals surface area contributed by atoms with Crippen LogP contribution < -0.4 is 0 Å². The molecule has 2 nitrogen and oxygen atoms in total. The van der Waals surface area contributed by atoms with Crippen molar-refractivity contribution in [1.82, 2.24) is 0 Å². The molecule has 0 aliphatic rings. The normalized spacial score (nSPS) is 11.3. The van der Waals surface area contributed by atoms with Crippen molar-refractivity contribution in [2.75, 3.05) is 0 Å². The SMILES string of the molecule is C[CH]C(=O)OC(C)(C)CCCC. The standard InChI is InChI=1S/C10H19O2/c1-5-7-8-10(3,4)12-9(11)6-2/h6H,5,7-8H2,1-4H3. The summed E-state index contributed by atoms with van der Waals surface area (Å²) in [7, 11) is 0. The van der Waals surface area contributed by atoms with E-state index in [0.29, 0.717) is 0 Å². The maximum absolute atomic E-state index is 10.9.